The molecule has 0 amide bonds. The van der Waals surface area contributed by atoms with E-state index in [-0.39, 0.29) is 22.9 Å². The molecule has 0 spiro atoms. The molecule has 12 heavy (non-hydrogen) atoms. The first-order valence-corrected chi connectivity index (χ1v) is 4.27. The van der Waals surface area contributed by atoms with Gasteiger partial charge in [-0.1, -0.05) is 0 Å². The molecule has 66 valence electrons. The first-order chi connectivity index (χ1) is 5.66. The number of hydrogen-bond donors (Lipinski definition) is 2. The molecule has 0 aromatic carbocycles. The summed E-state index contributed by atoms with van der Waals surface area (Å²) in [6.07, 6.45) is 0. The molecule has 0 bridgehead atoms. The van der Waals surface area contributed by atoms with E-state index in [1.54, 1.807) is 6.92 Å². The molecule has 1 heterocycles. The van der Waals surface area contributed by atoms with Crippen LogP contribution in [0.3, 0.4) is 0 Å². The summed E-state index contributed by atoms with van der Waals surface area (Å²) in [5, 5.41) is 10.8. The van der Waals surface area contributed by atoms with Crippen molar-refractivity contribution in [2.24, 2.45) is 0 Å². The molecule has 0 aliphatic heterocycles. The van der Waals surface area contributed by atoms with Crippen LogP contribution in [0.25, 0.3) is 0 Å². The maximum atomic E-state index is 11.1. The lowest BCUT2D eigenvalue weighted by molar-refractivity contribution is 0.0525. The monoisotopic (exact) mass is 187 g/mol. The Kier molecular flexibility index (Phi) is 2.54. The average molecular weight is 187 g/mol. The van der Waals surface area contributed by atoms with Gasteiger partial charge in [-0.05, 0) is 6.92 Å². The molecule has 0 aliphatic rings. The Labute approximate surface area is 73.6 Å². The molecule has 3 N–H and O–H groups in total. The molecule has 1 rings (SSSR count). The average Bonchev–Trinajstić information content (AvgIpc) is 2.32. The van der Waals surface area contributed by atoms with Gasteiger partial charge in [0.1, 0.15) is 16.3 Å². The fraction of sp³-hybridized carbons (Fsp3) is 0.286. The van der Waals surface area contributed by atoms with Crippen LogP contribution in [0.2, 0.25) is 0 Å². The van der Waals surface area contributed by atoms with Crippen molar-refractivity contribution in [3.05, 3.63) is 10.9 Å². The number of nitrogen functional groups attached to an aromatic ring is 1. The number of carbonyl (C=O) groups excluding carboxylic acids is 1. The van der Waals surface area contributed by atoms with Crippen LogP contribution in [-0.2, 0) is 4.74 Å². The molecular formula is C7H9NO3S. The van der Waals surface area contributed by atoms with Crippen LogP contribution in [-0.4, -0.2) is 17.7 Å². The number of aromatic hydroxyl groups is 1. The molecule has 1 aromatic rings. The van der Waals surface area contributed by atoms with Crippen LogP contribution in [0.1, 0.15) is 17.3 Å². The Morgan fingerprint density at radius 3 is 2.92 bits per heavy atom. The lowest BCUT2D eigenvalue weighted by atomic mass is 10.3. The Bertz CT molecular complexity index is 275. The fourth-order valence-electron chi connectivity index (χ4n) is 0.772. The summed E-state index contributed by atoms with van der Waals surface area (Å²) in [6.45, 7) is 1.96. The summed E-state index contributed by atoms with van der Waals surface area (Å²) in [5.41, 5.74) is 5.50. The Morgan fingerprint density at radius 2 is 2.50 bits per heavy atom. The van der Waals surface area contributed by atoms with Crippen LogP contribution in [0.15, 0.2) is 5.38 Å². The second kappa shape index (κ2) is 3.44. The number of nitrogens with two attached hydrogens (primary N) is 1. The summed E-state index contributed by atoms with van der Waals surface area (Å²) in [5.74, 6) is -0.690. The van der Waals surface area contributed by atoms with Crippen LogP contribution < -0.4 is 5.73 Å². The molecule has 0 radical (unpaired) electrons. The summed E-state index contributed by atoms with van der Waals surface area (Å²) in [7, 11) is 0. The van der Waals surface area contributed by atoms with E-state index < -0.39 is 5.97 Å². The molecule has 0 aliphatic carbocycles. The van der Waals surface area contributed by atoms with Gasteiger partial charge in [0.15, 0.2) is 0 Å². The van der Waals surface area contributed by atoms with Gasteiger partial charge in [-0.25, -0.2) is 4.79 Å². The number of rotatable bonds is 2. The number of hydrogen-bond acceptors (Lipinski definition) is 5. The molecule has 5 heteroatoms. The van der Waals surface area contributed by atoms with Crippen molar-refractivity contribution >= 4 is 22.3 Å². The minimum Gasteiger partial charge on any atom is -0.506 e. The second-order valence-corrected chi connectivity index (χ2v) is 2.99. The van der Waals surface area contributed by atoms with Crippen molar-refractivity contribution in [2.75, 3.05) is 12.3 Å². The molecule has 0 saturated heterocycles. The van der Waals surface area contributed by atoms with E-state index in [4.69, 9.17) is 10.8 Å². The zero-order chi connectivity index (χ0) is 9.14. The number of carbonyl (C=O) groups is 1. The van der Waals surface area contributed by atoms with E-state index in [1.807, 2.05) is 0 Å². The third kappa shape index (κ3) is 1.50. The number of thiophene rings is 1. The minimum absolute atomic E-state index is 0.0712. The van der Waals surface area contributed by atoms with Crippen molar-refractivity contribution in [3.8, 4) is 5.75 Å². The highest BCUT2D eigenvalue weighted by Gasteiger charge is 2.17. The van der Waals surface area contributed by atoms with Gasteiger partial charge >= 0.3 is 5.97 Å². The highest BCUT2D eigenvalue weighted by Crippen LogP contribution is 2.30. The maximum Gasteiger partial charge on any atom is 0.344 e. The fourth-order valence-corrected chi connectivity index (χ4v) is 1.43. The van der Waals surface area contributed by atoms with Gasteiger partial charge in [-0.2, -0.15) is 0 Å². The Hall–Kier alpha value is -1.23. The van der Waals surface area contributed by atoms with E-state index in [2.05, 4.69) is 4.74 Å². The zero-order valence-corrected chi connectivity index (χ0v) is 7.35. The molecule has 0 atom stereocenters. The summed E-state index contributed by atoms with van der Waals surface area (Å²) >= 11 is 1.11. The molecule has 1 aromatic heterocycles. The quantitative estimate of drug-likeness (QED) is 0.682. The van der Waals surface area contributed by atoms with Gasteiger partial charge < -0.3 is 15.6 Å². The Balaban J connectivity index is 2.93. The standard InChI is InChI=1S/C7H9NO3S/c1-2-11-7(10)5-4(9)3-12-6(5)8/h3,9H,2,8H2,1H3. The van der Waals surface area contributed by atoms with Gasteiger partial charge in [0.2, 0.25) is 0 Å². The van der Waals surface area contributed by atoms with Crippen LogP contribution in [0, 0.1) is 0 Å². The SMILES string of the molecule is CCOC(=O)c1c(O)csc1N. The highest BCUT2D eigenvalue weighted by atomic mass is 32.1. The first kappa shape index (κ1) is 8.86. The first-order valence-electron chi connectivity index (χ1n) is 3.39. The van der Waals surface area contributed by atoms with E-state index in [9.17, 15) is 4.79 Å². The van der Waals surface area contributed by atoms with Crippen LogP contribution in [0.5, 0.6) is 5.75 Å². The van der Waals surface area contributed by atoms with Gasteiger partial charge in [0, 0.05) is 5.38 Å². The van der Waals surface area contributed by atoms with Crippen molar-refractivity contribution in [3.63, 3.8) is 0 Å². The topological polar surface area (TPSA) is 72.5 Å². The van der Waals surface area contributed by atoms with E-state index in [1.165, 1.54) is 5.38 Å². The van der Waals surface area contributed by atoms with Crippen molar-refractivity contribution in [1.82, 2.24) is 0 Å². The summed E-state index contributed by atoms with van der Waals surface area (Å²) in [4.78, 5) is 11.1. The normalized spacial score (nSPS) is 9.75. The number of anilines is 1. The van der Waals surface area contributed by atoms with Crippen molar-refractivity contribution in [2.45, 2.75) is 6.92 Å². The lowest BCUT2D eigenvalue weighted by Crippen LogP contribution is -2.05. The Morgan fingerprint density at radius 1 is 1.83 bits per heavy atom. The second-order valence-electron chi connectivity index (χ2n) is 2.08. The third-order valence-electron chi connectivity index (χ3n) is 1.28. The predicted molar refractivity (Wildman–Crippen MR) is 46.4 cm³/mol. The highest BCUT2D eigenvalue weighted by molar-refractivity contribution is 7.14. The smallest absolute Gasteiger partial charge is 0.344 e. The largest absolute Gasteiger partial charge is 0.506 e. The zero-order valence-electron chi connectivity index (χ0n) is 6.53. The summed E-state index contributed by atoms with van der Waals surface area (Å²) < 4.78 is 4.68. The molecular weight excluding hydrogens is 178 g/mol. The summed E-state index contributed by atoms with van der Waals surface area (Å²) in [6, 6.07) is 0. The predicted octanol–water partition coefficient (Wildman–Crippen LogP) is 1.21. The molecule has 0 unspecified atom stereocenters. The van der Waals surface area contributed by atoms with Gasteiger partial charge in [0.25, 0.3) is 0 Å². The van der Waals surface area contributed by atoms with Gasteiger partial charge in [-0.15, -0.1) is 11.3 Å². The number of esters is 1. The van der Waals surface area contributed by atoms with E-state index in [0.29, 0.717) is 0 Å². The van der Waals surface area contributed by atoms with Crippen molar-refractivity contribution < 1.29 is 14.6 Å². The van der Waals surface area contributed by atoms with E-state index in [0.717, 1.165) is 11.3 Å². The number of ether oxygens (including phenoxy) is 1. The van der Waals surface area contributed by atoms with E-state index >= 15 is 0 Å². The minimum atomic E-state index is -0.575. The van der Waals surface area contributed by atoms with Crippen LogP contribution >= 0.6 is 11.3 Å². The molecule has 4 nitrogen and oxygen atoms in total. The van der Waals surface area contributed by atoms with Crippen LogP contribution in [0.4, 0.5) is 5.00 Å². The van der Waals surface area contributed by atoms with Gasteiger partial charge in [0.05, 0.1) is 6.61 Å². The van der Waals surface area contributed by atoms with Gasteiger partial charge in [-0.3, -0.25) is 0 Å². The lowest BCUT2D eigenvalue weighted by Gasteiger charge is -2.00. The van der Waals surface area contributed by atoms with Crippen molar-refractivity contribution in [1.29, 1.82) is 0 Å². The third-order valence-corrected chi connectivity index (χ3v) is 2.08. The molecule has 0 saturated carbocycles. The molecule has 0 fully saturated rings. The maximum absolute atomic E-state index is 11.1.